The van der Waals surface area contributed by atoms with Crippen molar-refractivity contribution in [1.29, 1.82) is 0 Å². The summed E-state index contributed by atoms with van der Waals surface area (Å²) in [5, 5.41) is 21.0. The minimum atomic E-state index is -0.253. The van der Waals surface area contributed by atoms with Crippen LogP contribution >= 0.6 is 0 Å². The number of hydrogen-bond donors (Lipinski definition) is 2. The lowest BCUT2D eigenvalue weighted by Crippen LogP contribution is -2.65. The molecule has 4 saturated carbocycles. The first kappa shape index (κ1) is 25.0. The smallest absolute Gasteiger partial charge is 0.159 e. The summed E-state index contributed by atoms with van der Waals surface area (Å²) in [7, 11) is 0. The van der Waals surface area contributed by atoms with Crippen LogP contribution in [0.15, 0.2) is 11.6 Å². The SMILES string of the molecule is CC1(C)CC[C@]2(CCO)CC[C@]3(C)C(C(=O)C=C4[C@@]5(C)CC[C@H](O)C(C)(C)[C@@H]5CC[C@]43C)C2C1. The van der Waals surface area contributed by atoms with Gasteiger partial charge in [0.1, 0.15) is 0 Å². The number of aliphatic hydroxyl groups is 2. The minimum Gasteiger partial charge on any atom is -0.396 e. The number of carbonyl (C=O) groups excluding carboxylic acids is 1. The van der Waals surface area contributed by atoms with Crippen LogP contribution in [0.2, 0.25) is 0 Å². The molecule has 0 amide bonds. The topological polar surface area (TPSA) is 57.5 Å². The fraction of sp³-hybridized carbons (Fsp3) is 0.903. The molecule has 0 radical (unpaired) electrons. The lowest BCUT2D eigenvalue weighted by molar-refractivity contribution is -0.182. The van der Waals surface area contributed by atoms with E-state index in [0.29, 0.717) is 17.6 Å². The number of rotatable bonds is 2. The molecule has 0 aromatic rings. The van der Waals surface area contributed by atoms with Gasteiger partial charge >= 0.3 is 0 Å². The zero-order chi connectivity index (χ0) is 24.9. The van der Waals surface area contributed by atoms with Gasteiger partial charge in [-0.1, -0.05) is 54.0 Å². The summed E-state index contributed by atoms with van der Waals surface area (Å²) in [6, 6.07) is 0. The van der Waals surface area contributed by atoms with E-state index in [2.05, 4.69) is 54.5 Å². The van der Waals surface area contributed by atoms with Crippen LogP contribution in [0.4, 0.5) is 0 Å². The maximum absolute atomic E-state index is 14.3. The third kappa shape index (κ3) is 3.04. The molecule has 0 aromatic carbocycles. The molecule has 3 nitrogen and oxygen atoms in total. The van der Waals surface area contributed by atoms with Crippen LogP contribution in [0.5, 0.6) is 0 Å². The first-order valence-electron chi connectivity index (χ1n) is 14.2. The third-order valence-electron chi connectivity index (χ3n) is 13.2. The molecule has 5 aliphatic carbocycles. The largest absolute Gasteiger partial charge is 0.396 e. The zero-order valence-electron chi connectivity index (χ0n) is 23.0. The Hall–Kier alpha value is -0.670. The Morgan fingerprint density at radius 2 is 1.59 bits per heavy atom. The van der Waals surface area contributed by atoms with Gasteiger partial charge in [-0.05, 0) is 115 Å². The van der Waals surface area contributed by atoms with E-state index < -0.39 is 0 Å². The molecule has 2 N–H and O–H groups in total. The number of aliphatic hydroxyl groups excluding tert-OH is 2. The van der Waals surface area contributed by atoms with Crippen molar-refractivity contribution >= 4 is 5.78 Å². The monoisotopic (exact) mass is 470 g/mol. The van der Waals surface area contributed by atoms with Gasteiger partial charge in [0.15, 0.2) is 5.78 Å². The van der Waals surface area contributed by atoms with Crippen molar-refractivity contribution in [2.24, 2.45) is 50.2 Å². The predicted octanol–water partition coefficient (Wildman–Crippen LogP) is 6.71. The molecule has 0 aliphatic heterocycles. The second-order valence-corrected chi connectivity index (χ2v) is 15.4. The fourth-order valence-corrected chi connectivity index (χ4v) is 10.8. The number of fused-ring (bicyclic) bond motifs is 7. The Labute approximate surface area is 208 Å². The first-order chi connectivity index (χ1) is 15.7. The van der Waals surface area contributed by atoms with E-state index in [0.717, 1.165) is 57.8 Å². The molecule has 0 bridgehead atoms. The van der Waals surface area contributed by atoms with Gasteiger partial charge in [0.25, 0.3) is 0 Å². The molecule has 0 heterocycles. The van der Waals surface area contributed by atoms with E-state index in [1.54, 1.807) is 0 Å². The van der Waals surface area contributed by atoms with Gasteiger partial charge < -0.3 is 10.2 Å². The summed E-state index contributed by atoms with van der Waals surface area (Å²) in [6.45, 7) is 16.9. The quantitative estimate of drug-likeness (QED) is 0.471. The molecule has 34 heavy (non-hydrogen) atoms. The Morgan fingerprint density at radius 1 is 0.912 bits per heavy atom. The lowest BCUT2D eigenvalue weighted by atomic mass is 9.33. The van der Waals surface area contributed by atoms with Crippen LogP contribution in [-0.4, -0.2) is 28.7 Å². The molecular weight excluding hydrogens is 420 g/mol. The zero-order valence-corrected chi connectivity index (χ0v) is 23.0. The van der Waals surface area contributed by atoms with Crippen molar-refractivity contribution < 1.29 is 15.0 Å². The van der Waals surface area contributed by atoms with Crippen molar-refractivity contribution in [2.75, 3.05) is 6.61 Å². The Kier molecular flexibility index (Phi) is 5.47. The summed E-state index contributed by atoms with van der Waals surface area (Å²) in [6.07, 6.45) is 12.6. The lowest BCUT2D eigenvalue weighted by Gasteiger charge is -2.70. The van der Waals surface area contributed by atoms with Crippen LogP contribution in [0.3, 0.4) is 0 Å². The molecule has 0 aromatic heterocycles. The maximum Gasteiger partial charge on any atom is 0.159 e. The van der Waals surface area contributed by atoms with Gasteiger partial charge in [-0.15, -0.1) is 0 Å². The van der Waals surface area contributed by atoms with E-state index in [9.17, 15) is 15.0 Å². The van der Waals surface area contributed by atoms with Gasteiger partial charge in [0.05, 0.1) is 6.10 Å². The summed E-state index contributed by atoms with van der Waals surface area (Å²) in [5.74, 6) is 1.25. The number of ketones is 1. The molecule has 0 saturated heterocycles. The van der Waals surface area contributed by atoms with Crippen LogP contribution < -0.4 is 0 Å². The van der Waals surface area contributed by atoms with E-state index in [-0.39, 0.29) is 51.1 Å². The van der Waals surface area contributed by atoms with Gasteiger partial charge in [0.2, 0.25) is 0 Å². The van der Waals surface area contributed by atoms with Crippen molar-refractivity contribution in [1.82, 2.24) is 0 Å². The summed E-state index contributed by atoms with van der Waals surface area (Å²) in [4.78, 5) is 14.3. The van der Waals surface area contributed by atoms with E-state index in [4.69, 9.17) is 0 Å². The summed E-state index contributed by atoms with van der Waals surface area (Å²) < 4.78 is 0. The second-order valence-electron chi connectivity index (χ2n) is 15.4. The Morgan fingerprint density at radius 3 is 2.26 bits per heavy atom. The maximum atomic E-state index is 14.3. The molecule has 5 aliphatic rings. The van der Waals surface area contributed by atoms with Gasteiger partial charge in [-0.2, -0.15) is 0 Å². The number of allylic oxidation sites excluding steroid dienone is 2. The minimum absolute atomic E-state index is 0.00909. The number of carbonyl (C=O) groups is 1. The normalized spacial score (nSPS) is 51.4. The Bertz CT molecular complexity index is 900. The van der Waals surface area contributed by atoms with Crippen molar-refractivity contribution in [3.63, 3.8) is 0 Å². The van der Waals surface area contributed by atoms with Crippen molar-refractivity contribution in [2.45, 2.75) is 119 Å². The predicted molar refractivity (Wildman–Crippen MR) is 137 cm³/mol. The van der Waals surface area contributed by atoms with Crippen LogP contribution in [0.25, 0.3) is 0 Å². The number of hydrogen-bond acceptors (Lipinski definition) is 3. The van der Waals surface area contributed by atoms with Crippen molar-refractivity contribution in [3.05, 3.63) is 11.6 Å². The molecule has 4 fully saturated rings. The molecule has 192 valence electrons. The fourth-order valence-electron chi connectivity index (χ4n) is 10.8. The summed E-state index contributed by atoms with van der Waals surface area (Å²) in [5.41, 5.74) is 1.69. The van der Waals surface area contributed by atoms with Gasteiger partial charge in [-0.25, -0.2) is 0 Å². The molecule has 2 unspecified atom stereocenters. The van der Waals surface area contributed by atoms with Gasteiger partial charge in [-0.3, -0.25) is 4.79 Å². The highest BCUT2D eigenvalue weighted by Gasteiger charge is 2.69. The van der Waals surface area contributed by atoms with E-state index in [1.165, 1.54) is 12.0 Å². The molecule has 3 heteroatoms. The standard InChI is InChI=1S/C31H50O3/c1-26(2)12-14-31(16-17-32)15-13-30(7)25(20(31)19-26)21(33)18-23-28(5)10-9-24(34)27(3,4)22(28)8-11-29(23,30)6/h18,20,22,24-25,32,34H,8-17,19H2,1-7H3/t20?,22-,24-,25?,28-,29+,30+,31+/m0/s1. The summed E-state index contributed by atoms with van der Waals surface area (Å²) >= 11 is 0. The molecule has 5 rings (SSSR count). The molecular formula is C31H50O3. The van der Waals surface area contributed by atoms with Crippen LogP contribution in [-0.2, 0) is 4.79 Å². The third-order valence-corrected chi connectivity index (χ3v) is 13.2. The second kappa shape index (κ2) is 7.44. The highest BCUT2D eigenvalue weighted by molar-refractivity contribution is 5.95. The molecule has 0 spiro atoms. The van der Waals surface area contributed by atoms with Crippen LogP contribution in [0.1, 0.15) is 113 Å². The molecule has 8 atom stereocenters. The van der Waals surface area contributed by atoms with Crippen LogP contribution in [0, 0.1) is 50.2 Å². The van der Waals surface area contributed by atoms with E-state index in [1.807, 2.05) is 0 Å². The average molecular weight is 471 g/mol. The average Bonchev–Trinajstić information content (AvgIpc) is 2.74. The first-order valence-corrected chi connectivity index (χ1v) is 14.2. The van der Waals surface area contributed by atoms with Gasteiger partial charge in [0, 0.05) is 12.5 Å². The highest BCUT2D eigenvalue weighted by atomic mass is 16.3. The highest BCUT2D eigenvalue weighted by Crippen LogP contribution is 2.75. The van der Waals surface area contributed by atoms with Crippen molar-refractivity contribution in [3.8, 4) is 0 Å². The van der Waals surface area contributed by atoms with E-state index >= 15 is 0 Å². The Balaban J connectivity index is 1.63.